The van der Waals surface area contributed by atoms with Crippen molar-refractivity contribution in [1.82, 2.24) is 19.8 Å². The molecule has 1 fully saturated rings. The van der Waals surface area contributed by atoms with Crippen LogP contribution in [0.4, 0.5) is 9.59 Å². The van der Waals surface area contributed by atoms with E-state index in [0.29, 0.717) is 51.2 Å². The van der Waals surface area contributed by atoms with Crippen LogP contribution < -0.4 is 14.9 Å². The van der Waals surface area contributed by atoms with Crippen LogP contribution in [0.2, 0.25) is 0 Å². The molecule has 1 radical (unpaired) electrons. The normalized spacial score (nSPS) is 15.8. The summed E-state index contributed by atoms with van der Waals surface area (Å²) in [7, 11) is 2.76. The second-order valence-electron chi connectivity index (χ2n) is 21.8. The van der Waals surface area contributed by atoms with E-state index in [1.807, 2.05) is 67.5 Å². The van der Waals surface area contributed by atoms with E-state index in [0.717, 1.165) is 57.2 Å². The van der Waals surface area contributed by atoms with Gasteiger partial charge in [0.15, 0.2) is 0 Å². The maximum absolute atomic E-state index is 12.6. The van der Waals surface area contributed by atoms with Gasteiger partial charge in [0, 0.05) is 82.2 Å². The van der Waals surface area contributed by atoms with E-state index in [1.54, 1.807) is 56.3 Å². The van der Waals surface area contributed by atoms with E-state index < -0.39 is 11.2 Å². The van der Waals surface area contributed by atoms with Crippen LogP contribution >= 0.6 is 0 Å². The molecule has 76 heavy (non-hydrogen) atoms. The van der Waals surface area contributed by atoms with Gasteiger partial charge in [0.2, 0.25) is 11.8 Å². The summed E-state index contributed by atoms with van der Waals surface area (Å²) in [4.78, 5) is 60.5. The molecule has 18 heteroatoms. The number of amides is 2. The molecular formula is C58H79BN4O12Rh. The van der Waals surface area contributed by atoms with Crippen LogP contribution in [0.15, 0.2) is 67.0 Å². The van der Waals surface area contributed by atoms with Crippen molar-refractivity contribution in [3.8, 4) is 11.8 Å². The SMILES string of the molecule is CC(C)(C)OC(=O)N1CCc2ccc(B3OC(C)(C)C(C)(C)O3)cc2C1.CCOC(=O)/C=C/c1cnc(OC)cc1C.CCOC(=O)CC(c1ccc2c(c1)CN(C(=O)OC(C)(C)C)CC2)c1cnc(OC)cc1C.[Rh]. The molecule has 1 atom stereocenters. The smallest absolute Gasteiger partial charge is 0.481 e. The Morgan fingerprint density at radius 1 is 0.697 bits per heavy atom. The fourth-order valence-electron chi connectivity index (χ4n) is 8.45. The molecule has 0 spiro atoms. The Hall–Kier alpha value is -5.83. The standard InChI is InChI=1S/C26H34N2O5.C20H30BNO4.C12H15NO3.Rh/c1-7-32-24(29)14-21(22-15-27-23(31-6)12-17(22)2)19-9-8-18-10-11-28(16-20(18)13-19)25(30)33-26(3,4)5;1-18(2,3)24-17(23)22-11-10-14-8-9-16(12-15(14)13-22)21-25-19(4,5)20(6,7)26-21;1-4-16-12(14)6-5-10-8-13-11(15-3)7-9(10)2;/h8-9,12-13,15,21H,7,10-11,14,16H2,1-6H3;8-9,12H,10-11,13H2,1-7H3;5-8H,4H2,1-3H3;/b;;6-5+;. The number of fused-ring (bicyclic) bond motifs is 2. The topological polar surface area (TPSA) is 174 Å². The van der Waals surface area contributed by atoms with E-state index in [-0.39, 0.29) is 74.3 Å². The van der Waals surface area contributed by atoms with Gasteiger partial charge in [0.1, 0.15) is 11.2 Å². The Balaban J connectivity index is 0.000000259. The van der Waals surface area contributed by atoms with Crippen LogP contribution in [-0.4, -0.2) is 114 Å². The minimum atomic E-state index is -0.539. The van der Waals surface area contributed by atoms with Crippen molar-refractivity contribution in [3.05, 3.63) is 117 Å². The van der Waals surface area contributed by atoms with Crippen LogP contribution in [0.25, 0.3) is 6.08 Å². The molecule has 2 amide bonds. The number of ether oxygens (including phenoxy) is 6. The largest absolute Gasteiger partial charge is 0.494 e. The summed E-state index contributed by atoms with van der Waals surface area (Å²) >= 11 is 0. The molecule has 0 aliphatic carbocycles. The molecule has 2 aromatic heterocycles. The molecule has 3 aliphatic rings. The van der Waals surface area contributed by atoms with E-state index in [9.17, 15) is 19.2 Å². The van der Waals surface area contributed by atoms with Crippen LogP contribution in [0, 0.1) is 13.8 Å². The van der Waals surface area contributed by atoms with Crippen LogP contribution in [0.5, 0.6) is 11.8 Å². The van der Waals surface area contributed by atoms with Crippen molar-refractivity contribution in [1.29, 1.82) is 0 Å². The minimum absolute atomic E-state index is 0. The number of pyridine rings is 2. The zero-order valence-electron chi connectivity index (χ0n) is 47.5. The fourth-order valence-corrected chi connectivity index (χ4v) is 8.45. The zero-order valence-corrected chi connectivity index (χ0v) is 49.1. The van der Waals surface area contributed by atoms with Crippen molar-refractivity contribution in [2.24, 2.45) is 0 Å². The number of rotatable bonds is 11. The predicted molar refractivity (Wildman–Crippen MR) is 289 cm³/mol. The number of methoxy groups -OCH3 is 2. The Kier molecular flexibility index (Phi) is 22.3. The number of benzene rings is 2. The first-order valence-electron chi connectivity index (χ1n) is 25.7. The third kappa shape index (κ3) is 17.6. The number of esters is 2. The van der Waals surface area contributed by atoms with E-state index in [4.69, 9.17) is 37.7 Å². The Morgan fingerprint density at radius 2 is 1.20 bits per heavy atom. The van der Waals surface area contributed by atoms with Crippen LogP contribution in [-0.2, 0) is 83.3 Å². The zero-order chi connectivity index (χ0) is 55.5. The van der Waals surface area contributed by atoms with Crippen molar-refractivity contribution in [2.75, 3.05) is 40.5 Å². The first-order chi connectivity index (χ1) is 35.2. The summed E-state index contributed by atoms with van der Waals surface area (Å²) in [5.74, 6) is 0.267. The molecule has 415 valence electrons. The molecule has 7 rings (SSSR count). The maximum Gasteiger partial charge on any atom is 0.494 e. The van der Waals surface area contributed by atoms with Gasteiger partial charge in [-0.25, -0.2) is 24.4 Å². The molecule has 0 saturated carbocycles. The summed E-state index contributed by atoms with van der Waals surface area (Å²) in [5.41, 5.74) is 8.71. The van der Waals surface area contributed by atoms with Crippen molar-refractivity contribution >= 4 is 42.8 Å². The fraction of sp³-hybridized carbons (Fsp3) is 0.517. The summed E-state index contributed by atoms with van der Waals surface area (Å²) in [5, 5.41) is 0. The van der Waals surface area contributed by atoms with Gasteiger partial charge in [0.25, 0.3) is 0 Å². The van der Waals surface area contributed by atoms with Gasteiger partial charge in [-0.3, -0.25) is 4.79 Å². The second kappa shape index (κ2) is 27.0. The molecule has 4 aromatic rings. The molecule has 0 N–H and O–H groups in total. The third-order valence-electron chi connectivity index (χ3n) is 13.1. The van der Waals surface area contributed by atoms with Crippen molar-refractivity contribution in [3.63, 3.8) is 0 Å². The van der Waals surface area contributed by atoms with Crippen LogP contribution in [0.1, 0.15) is 145 Å². The van der Waals surface area contributed by atoms with E-state index in [1.165, 1.54) is 17.2 Å². The predicted octanol–water partition coefficient (Wildman–Crippen LogP) is 10.0. The van der Waals surface area contributed by atoms with Gasteiger partial charge in [-0.15, -0.1) is 0 Å². The molecule has 0 bridgehead atoms. The molecule has 16 nitrogen and oxygen atoms in total. The molecule has 1 unspecified atom stereocenters. The minimum Gasteiger partial charge on any atom is -0.481 e. The number of nitrogens with zero attached hydrogens (tertiary/aromatic N) is 4. The van der Waals surface area contributed by atoms with E-state index in [2.05, 4.69) is 74.1 Å². The van der Waals surface area contributed by atoms with Crippen molar-refractivity contribution in [2.45, 2.75) is 158 Å². The molecule has 5 heterocycles. The molecule has 2 aromatic carbocycles. The Morgan fingerprint density at radius 3 is 1.68 bits per heavy atom. The average Bonchev–Trinajstić information content (AvgIpc) is 3.56. The van der Waals surface area contributed by atoms with Crippen LogP contribution in [0.3, 0.4) is 0 Å². The third-order valence-corrected chi connectivity index (χ3v) is 13.1. The second-order valence-corrected chi connectivity index (χ2v) is 21.8. The van der Waals surface area contributed by atoms with Gasteiger partial charge in [-0.2, -0.15) is 0 Å². The average molecular weight is 1140 g/mol. The molecule has 1 saturated heterocycles. The first-order valence-corrected chi connectivity index (χ1v) is 25.7. The van der Waals surface area contributed by atoms with Gasteiger partial charge in [-0.1, -0.05) is 36.4 Å². The maximum atomic E-state index is 12.6. The summed E-state index contributed by atoms with van der Waals surface area (Å²) < 4.78 is 43.6. The number of aryl methyl sites for hydroxylation is 2. The number of hydrogen-bond acceptors (Lipinski definition) is 14. The van der Waals surface area contributed by atoms with Crippen molar-refractivity contribution < 1.29 is 76.4 Å². The Bertz CT molecular complexity index is 2660. The number of aromatic nitrogens is 2. The quantitative estimate of drug-likeness (QED) is 0.0601. The summed E-state index contributed by atoms with van der Waals surface area (Å²) in [6, 6.07) is 16.2. The van der Waals surface area contributed by atoms with Gasteiger partial charge in [-0.05, 0) is 171 Å². The summed E-state index contributed by atoms with van der Waals surface area (Å²) in [6.45, 7) is 30.0. The molecular weight excluding hydrogens is 1060 g/mol. The monoisotopic (exact) mass is 1140 g/mol. The summed E-state index contributed by atoms with van der Waals surface area (Å²) in [6.07, 6.45) is 7.73. The van der Waals surface area contributed by atoms with Gasteiger partial charge in [0.05, 0.1) is 45.1 Å². The number of hydrogen-bond donors (Lipinski definition) is 0. The number of carbonyl (C=O) groups excluding carboxylic acids is 4. The Labute approximate surface area is 463 Å². The van der Waals surface area contributed by atoms with E-state index >= 15 is 0 Å². The molecule has 3 aliphatic heterocycles. The first kappa shape index (κ1) is 62.7. The number of carbonyl (C=O) groups is 4. The van der Waals surface area contributed by atoms with Gasteiger partial charge < -0.3 is 47.5 Å². The van der Waals surface area contributed by atoms with Gasteiger partial charge >= 0.3 is 31.2 Å².